The first-order chi connectivity index (χ1) is 7.33. The van der Waals surface area contributed by atoms with Crippen LogP contribution in [0, 0.1) is 0 Å². The fourth-order valence-electron chi connectivity index (χ4n) is 0.903. The maximum Gasteiger partial charge on any atom is 0.357 e. The molecular formula is C10H17N3O3. The average Bonchev–Trinajstić information content (AvgIpc) is 2.63. The van der Waals surface area contributed by atoms with E-state index in [4.69, 9.17) is 9.52 Å². The van der Waals surface area contributed by atoms with Gasteiger partial charge in [-0.05, 0) is 27.9 Å². The molecule has 0 saturated carbocycles. The first-order valence-corrected chi connectivity index (χ1v) is 4.93. The second kappa shape index (κ2) is 4.52. The van der Waals surface area contributed by atoms with Crippen molar-refractivity contribution in [3.05, 3.63) is 12.0 Å². The number of likely N-dealkylation sites (N-methyl/N-ethyl adjacent to an activating group) is 1. The SMILES string of the molecule is CN(C)C(C)(C)CNc1nc(C(=O)O)co1. The minimum absolute atomic E-state index is 0.0716. The van der Waals surface area contributed by atoms with Crippen molar-refractivity contribution in [3.8, 4) is 0 Å². The lowest BCUT2D eigenvalue weighted by molar-refractivity contribution is 0.0690. The van der Waals surface area contributed by atoms with Gasteiger partial charge >= 0.3 is 5.97 Å². The Kier molecular flexibility index (Phi) is 3.54. The van der Waals surface area contributed by atoms with Crippen LogP contribution in [0.5, 0.6) is 0 Å². The van der Waals surface area contributed by atoms with E-state index in [1.165, 1.54) is 0 Å². The van der Waals surface area contributed by atoms with E-state index in [0.717, 1.165) is 6.26 Å². The van der Waals surface area contributed by atoms with Gasteiger partial charge in [0, 0.05) is 12.1 Å². The number of carboxylic acid groups (broad SMARTS) is 1. The van der Waals surface area contributed by atoms with Crippen molar-refractivity contribution in [3.63, 3.8) is 0 Å². The number of hydrogen-bond donors (Lipinski definition) is 2. The summed E-state index contributed by atoms with van der Waals surface area (Å²) in [5.41, 5.74) is -0.164. The average molecular weight is 227 g/mol. The highest BCUT2D eigenvalue weighted by Crippen LogP contribution is 2.13. The molecule has 2 N–H and O–H groups in total. The number of aromatic nitrogens is 1. The molecule has 1 aromatic rings. The summed E-state index contributed by atoms with van der Waals surface area (Å²) >= 11 is 0. The third kappa shape index (κ3) is 2.96. The number of nitrogens with one attached hydrogen (secondary N) is 1. The van der Waals surface area contributed by atoms with Gasteiger partial charge in [-0.3, -0.25) is 0 Å². The summed E-state index contributed by atoms with van der Waals surface area (Å²) in [6.45, 7) is 4.72. The van der Waals surface area contributed by atoms with Crippen LogP contribution < -0.4 is 5.32 Å². The maximum absolute atomic E-state index is 10.6. The van der Waals surface area contributed by atoms with Crippen LogP contribution in [0.3, 0.4) is 0 Å². The number of hydrogen-bond acceptors (Lipinski definition) is 5. The fourth-order valence-corrected chi connectivity index (χ4v) is 0.903. The molecule has 0 fully saturated rings. The maximum atomic E-state index is 10.6. The van der Waals surface area contributed by atoms with Crippen LogP contribution in [-0.2, 0) is 0 Å². The highest BCUT2D eigenvalue weighted by atomic mass is 16.4. The molecule has 0 aliphatic rings. The number of anilines is 1. The molecule has 6 heteroatoms. The van der Waals surface area contributed by atoms with Crippen LogP contribution in [0.15, 0.2) is 10.7 Å². The number of nitrogens with zero attached hydrogens (tertiary/aromatic N) is 2. The molecule has 6 nitrogen and oxygen atoms in total. The van der Waals surface area contributed by atoms with Crippen LogP contribution in [0.25, 0.3) is 0 Å². The summed E-state index contributed by atoms with van der Waals surface area (Å²) in [6, 6.07) is 0.229. The Labute approximate surface area is 94.3 Å². The van der Waals surface area contributed by atoms with Crippen molar-refractivity contribution in [2.75, 3.05) is 26.0 Å². The van der Waals surface area contributed by atoms with Crippen LogP contribution in [0.1, 0.15) is 24.3 Å². The normalized spacial score (nSPS) is 11.8. The van der Waals surface area contributed by atoms with Crippen molar-refractivity contribution >= 4 is 12.0 Å². The van der Waals surface area contributed by atoms with Crippen LogP contribution >= 0.6 is 0 Å². The van der Waals surface area contributed by atoms with Crippen LogP contribution in [-0.4, -0.2) is 47.1 Å². The molecule has 0 aliphatic carbocycles. The fraction of sp³-hybridized carbons (Fsp3) is 0.600. The van der Waals surface area contributed by atoms with Gasteiger partial charge in [0.1, 0.15) is 6.26 Å². The molecule has 0 amide bonds. The summed E-state index contributed by atoms with van der Waals surface area (Å²) in [5.74, 6) is -1.09. The third-order valence-electron chi connectivity index (χ3n) is 2.61. The van der Waals surface area contributed by atoms with Crippen LogP contribution in [0.4, 0.5) is 6.01 Å². The molecule has 0 bridgehead atoms. The van der Waals surface area contributed by atoms with E-state index in [1.54, 1.807) is 0 Å². The van der Waals surface area contributed by atoms with Gasteiger partial charge in [-0.1, -0.05) is 0 Å². The van der Waals surface area contributed by atoms with Crippen molar-refractivity contribution < 1.29 is 14.3 Å². The molecular weight excluding hydrogens is 210 g/mol. The molecule has 1 rings (SSSR count). The molecule has 0 radical (unpaired) electrons. The second-order valence-corrected chi connectivity index (χ2v) is 4.40. The monoisotopic (exact) mass is 227 g/mol. The molecule has 0 unspecified atom stereocenters. The van der Waals surface area contributed by atoms with Gasteiger partial charge in [-0.15, -0.1) is 0 Å². The van der Waals surface area contributed by atoms with Gasteiger partial charge < -0.3 is 19.7 Å². The number of aromatic carboxylic acids is 1. The van der Waals surface area contributed by atoms with Crippen molar-refractivity contribution in [1.29, 1.82) is 0 Å². The Morgan fingerprint density at radius 1 is 1.62 bits per heavy atom. The smallest absolute Gasteiger partial charge is 0.357 e. The summed E-state index contributed by atoms with van der Waals surface area (Å²) < 4.78 is 4.98. The molecule has 1 aromatic heterocycles. The van der Waals surface area contributed by atoms with E-state index >= 15 is 0 Å². The van der Waals surface area contributed by atoms with E-state index in [2.05, 4.69) is 29.0 Å². The highest BCUT2D eigenvalue weighted by Gasteiger charge is 2.21. The Bertz CT molecular complexity index is 371. The second-order valence-electron chi connectivity index (χ2n) is 4.40. The number of oxazole rings is 1. The lowest BCUT2D eigenvalue weighted by atomic mass is 10.1. The van der Waals surface area contributed by atoms with E-state index in [0.29, 0.717) is 6.54 Å². The standard InChI is InChI=1S/C10H17N3O3/c1-10(2,13(3)4)6-11-9-12-7(5-16-9)8(14)15/h5H,6H2,1-4H3,(H,11,12)(H,14,15). The summed E-state index contributed by atoms with van der Waals surface area (Å²) in [4.78, 5) is 16.4. The number of rotatable bonds is 5. The zero-order chi connectivity index (χ0) is 12.3. The quantitative estimate of drug-likeness (QED) is 0.785. The minimum Gasteiger partial charge on any atom is -0.476 e. The van der Waals surface area contributed by atoms with Crippen LogP contribution in [0.2, 0.25) is 0 Å². The Morgan fingerprint density at radius 2 is 2.25 bits per heavy atom. The molecule has 0 aliphatic heterocycles. The molecule has 1 heterocycles. The van der Waals surface area contributed by atoms with Gasteiger partial charge in [0.05, 0.1) is 0 Å². The topological polar surface area (TPSA) is 78.6 Å². The summed E-state index contributed by atoms with van der Waals surface area (Å²) in [5, 5.41) is 11.6. The summed E-state index contributed by atoms with van der Waals surface area (Å²) in [7, 11) is 3.94. The first kappa shape index (κ1) is 12.5. The molecule has 0 atom stereocenters. The van der Waals surface area contributed by atoms with Gasteiger partial charge in [-0.25, -0.2) is 4.79 Å². The zero-order valence-electron chi connectivity index (χ0n) is 9.94. The van der Waals surface area contributed by atoms with Crippen molar-refractivity contribution in [1.82, 2.24) is 9.88 Å². The van der Waals surface area contributed by atoms with E-state index < -0.39 is 5.97 Å². The lowest BCUT2D eigenvalue weighted by Gasteiger charge is -2.32. The van der Waals surface area contributed by atoms with Gasteiger partial charge in [0.15, 0.2) is 5.69 Å². The number of carboxylic acids is 1. The van der Waals surface area contributed by atoms with Crippen molar-refractivity contribution in [2.24, 2.45) is 0 Å². The molecule has 0 aromatic carbocycles. The largest absolute Gasteiger partial charge is 0.476 e. The predicted octanol–water partition coefficient (Wildman–Crippen LogP) is 1.12. The van der Waals surface area contributed by atoms with Gasteiger partial charge in [0.25, 0.3) is 6.01 Å². The molecule has 90 valence electrons. The zero-order valence-corrected chi connectivity index (χ0v) is 9.94. The highest BCUT2D eigenvalue weighted by molar-refractivity contribution is 5.85. The van der Waals surface area contributed by atoms with Gasteiger partial charge in [0.2, 0.25) is 0 Å². The van der Waals surface area contributed by atoms with E-state index in [9.17, 15) is 4.79 Å². The van der Waals surface area contributed by atoms with E-state index in [1.807, 2.05) is 14.1 Å². The number of carbonyl (C=O) groups is 1. The molecule has 0 saturated heterocycles. The molecule has 0 spiro atoms. The Hall–Kier alpha value is -1.56. The molecule has 16 heavy (non-hydrogen) atoms. The predicted molar refractivity (Wildman–Crippen MR) is 59.7 cm³/mol. The summed E-state index contributed by atoms with van der Waals surface area (Å²) in [6.07, 6.45) is 1.12. The van der Waals surface area contributed by atoms with E-state index in [-0.39, 0.29) is 17.2 Å². The lowest BCUT2D eigenvalue weighted by Crippen LogP contribution is -2.44. The Balaban J connectivity index is 2.58. The minimum atomic E-state index is -1.09. The van der Waals surface area contributed by atoms with Gasteiger partial charge in [-0.2, -0.15) is 4.98 Å². The third-order valence-corrected chi connectivity index (χ3v) is 2.61. The first-order valence-electron chi connectivity index (χ1n) is 4.93. The van der Waals surface area contributed by atoms with Crippen molar-refractivity contribution in [2.45, 2.75) is 19.4 Å². The Morgan fingerprint density at radius 3 is 2.69 bits per heavy atom.